The van der Waals surface area contributed by atoms with Crippen molar-refractivity contribution >= 4 is 5.91 Å². The first-order valence-electron chi connectivity index (χ1n) is 5.82. The van der Waals surface area contributed by atoms with Crippen LogP contribution in [0.15, 0.2) is 24.3 Å². The SMILES string of the molecule is CC(C)(CN)CNC(=O)c1ccccc1C(F)(F)F. The van der Waals surface area contributed by atoms with Crippen LogP contribution in [0.2, 0.25) is 0 Å². The summed E-state index contributed by atoms with van der Waals surface area (Å²) in [6.45, 7) is 4.19. The van der Waals surface area contributed by atoms with Gasteiger partial charge in [-0.05, 0) is 24.1 Å². The van der Waals surface area contributed by atoms with Gasteiger partial charge in [-0.25, -0.2) is 0 Å². The molecule has 0 radical (unpaired) electrons. The fourth-order valence-electron chi connectivity index (χ4n) is 1.42. The Kier molecular flexibility index (Phi) is 4.57. The first-order chi connectivity index (χ1) is 8.67. The molecule has 0 aliphatic carbocycles. The number of rotatable bonds is 4. The van der Waals surface area contributed by atoms with Crippen molar-refractivity contribution in [1.29, 1.82) is 0 Å². The van der Waals surface area contributed by atoms with Gasteiger partial charge in [-0.15, -0.1) is 0 Å². The Labute approximate surface area is 110 Å². The third kappa shape index (κ3) is 4.24. The highest BCUT2D eigenvalue weighted by Gasteiger charge is 2.34. The number of hydrogen-bond acceptors (Lipinski definition) is 2. The van der Waals surface area contributed by atoms with Gasteiger partial charge in [0.15, 0.2) is 0 Å². The molecule has 0 saturated heterocycles. The standard InChI is InChI=1S/C13H17F3N2O/c1-12(2,7-17)8-18-11(19)9-5-3-4-6-10(9)13(14,15)16/h3-6H,7-8,17H2,1-2H3,(H,18,19). The lowest BCUT2D eigenvalue weighted by atomic mass is 9.93. The molecule has 0 bridgehead atoms. The van der Waals surface area contributed by atoms with Crippen molar-refractivity contribution in [2.24, 2.45) is 11.1 Å². The maximum Gasteiger partial charge on any atom is 0.417 e. The average molecular weight is 274 g/mol. The monoisotopic (exact) mass is 274 g/mol. The molecule has 19 heavy (non-hydrogen) atoms. The Hall–Kier alpha value is -1.56. The van der Waals surface area contributed by atoms with Crippen molar-refractivity contribution < 1.29 is 18.0 Å². The van der Waals surface area contributed by atoms with Crippen molar-refractivity contribution in [2.75, 3.05) is 13.1 Å². The molecule has 6 heteroatoms. The third-order valence-corrected chi connectivity index (χ3v) is 2.76. The number of nitrogens with two attached hydrogens (primary N) is 1. The summed E-state index contributed by atoms with van der Waals surface area (Å²) in [7, 11) is 0. The lowest BCUT2D eigenvalue weighted by Gasteiger charge is -2.23. The van der Waals surface area contributed by atoms with Crippen molar-refractivity contribution in [3.8, 4) is 0 Å². The Morgan fingerprint density at radius 2 is 1.84 bits per heavy atom. The highest BCUT2D eigenvalue weighted by Crippen LogP contribution is 2.31. The molecule has 1 aromatic carbocycles. The summed E-state index contributed by atoms with van der Waals surface area (Å²) in [6, 6.07) is 4.71. The predicted octanol–water partition coefficient (Wildman–Crippen LogP) is 2.42. The quantitative estimate of drug-likeness (QED) is 0.886. The molecule has 0 heterocycles. The zero-order valence-electron chi connectivity index (χ0n) is 10.8. The van der Waals surface area contributed by atoms with Crippen LogP contribution in [0.1, 0.15) is 29.8 Å². The Morgan fingerprint density at radius 1 is 1.26 bits per heavy atom. The molecule has 1 rings (SSSR count). The average Bonchev–Trinajstić information content (AvgIpc) is 2.35. The second-order valence-corrected chi connectivity index (χ2v) is 5.09. The zero-order chi connectivity index (χ0) is 14.7. The van der Waals surface area contributed by atoms with Crippen LogP contribution in [0.4, 0.5) is 13.2 Å². The van der Waals surface area contributed by atoms with Crippen LogP contribution >= 0.6 is 0 Å². The molecule has 3 N–H and O–H groups in total. The number of benzene rings is 1. The molecule has 0 aliphatic rings. The van der Waals surface area contributed by atoms with Gasteiger partial charge in [0.25, 0.3) is 5.91 Å². The van der Waals surface area contributed by atoms with Crippen molar-refractivity contribution in [1.82, 2.24) is 5.32 Å². The van der Waals surface area contributed by atoms with Crippen molar-refractivity contribution in [3.05, 3.63) is 35.4 Å². The number of halogens is 3. The van der Waals surface area contributed by atoms with Crippen LogP contribution in [0.3, 0.4) is 0 Å². The molecule has 0 fully saturated rings. The highest BCUT2D eigenvalue weighted by molar-refractivity contribution is 5.95. The van der Waals surface area contributed by atoms with E-state index in [0.29, 0.717) is 6.54 Å². The Morgan fingerprint density at radius 3 is 2.37 bits per heavy atom. The molecule has 0 unspecified atom stereocenters. The van der Waals surface area contributed by atoms with Gasteiger partial charge in [0.05, 0.1) is 11.1 Å². The van der Waals surface area contributed by atoms with E-state index in [1.54, 1.807) is 0 Å². The summed E-state index contributed by atoms with van der Waals surface area (Å²) in [6.07, 6.45) is -4.54. The van der Waals surface area contributed by atoms with E-state index in [4.69, 9.17) is 5.73 Å². The number of alkyl halides is 3. The van der Waals surface area contributed by atoms with Crippen molar-refractivity contribution in [3.63, 3.8) is 0 Å². The summed E-state index contributed by atoms with van der Waals surface area (Å²) >= 11 is 0. The molecule has 0 atom stereocenters. The van der Waals surface area contributed by atoms with Gasteiger partial charge in [0.2, 0.25) is 0 Å². The van der Waals surface area contributed by atoms with E-state index in [9.17, 15) is 18.0 Å². The van der Waals surface area contributed by atoms with E-state index in [1.165, 1.54) is 12.1 Å². The van der Waals surface area contributed by atoms with E-state index in [-0.39, 0.29) is 17.5 Å². The second-order valence-electron chi connectivity index (χ2n) is 5.09. The molecule has 0 aliphatic heterocycles. The van der Waals surface area contributed by atoms with Gasteiger partial charge in [0.1, 0.15) is 0 Å². The number of carbonyl (C=O) groups is 1. The minimum absolute atomic E-state index is 0.217. The van der Waals surface area contributed by atoms with Gasteiger partial charge in [-0.1, -0.05) is 26.0 Å². The minimum atomic E-state index is -4.54. The molecule has 0 saturated carbocycles. The summed E-state index contributed by atoms with van der Waals surface area (Å²) in [5.41, 5.74) is 3.84. The van der Waals surface area contributed by atoms with E-state index < -0.39 is 17.6 Å². The Balaban J connectivity index is 2.90. The summed E-state index contributed by atoms with van der Waals surface area (Å²) in [5.74, 6) is -0.741. The first-order valence-corrected chi connectivity index (χ1v) is 5.82. The van der Waals surface area contributed by atoms with Gasteiger partial charge in [-0.2, -0.15) is 13.2 Å². The highest BCUT2D eigenvalue weighted by atomic mass is 19.4. The van der Waals surface area contributed by atoms with Gasteiger partial charge >= 0.3 is 6.18 Å². The normalized spacial score (nSPS) is 12.3. The third-order valence-electron chi connectivity index (χ3n) is 2.76. The largest absolute Gasteiger partial charge is 0.417 e. The van der Waals surface area contributed by atoms with Crippen LogP contribution in [-0.2, 0) is 6.18 Å². The molecular formula is C13H17F3N2O. The first kappa shape index (κ1) is 15.5. The summed E-state index contributed by atoms with van der Waals surface area (Å²) in [4.78, 5) is 11.8. The summed E-state index contributed by atoms with van der Waals surface area (Å²) in [5, 5.41) is 2.48. The van der Waals surface area contributed by atoms with Gasteiger partial charge < -0.3 is 11.1 Å². The van der Waals surface area contributed by atoms with E-state index in [0.717, 1.165) is 12.1 Å². The van der Waals surface area contributed by atoms with E-state index >= 15 is 0 Å². The topological polar surface area (TPSA) is 55.1 Å². The molecule has 0 spiro atoms. The minimum Gasteiger partial charge on any atom is -0.351 e. The molecule has 1 amide bonds. The molecule has 106 valence electrons. The maximum absolute atomic E-state index is 12.7. The second kappa shape index (κ2) is 5.61. The molecule has 3 nitrogen and oxygen atoms in total. The molecule has 0 aromatic heterocycles. The van der Waals surface area contributed by atoms with Crippen LogP contribution < -0.4 is 11.1 Å². The number of hydrogen-bond donors (Lipinski definition) is 2. The van der Waals surface area contributed by atoms with Crippen LogP contribution in [-0.4, -0.2) is 19.0 Å². The maximum atomic E-state index is 12.7. The number of amides is 1. The Bertz CT molecular complexity index is 455. The van der Waals surface area contributed by atoms with Crippen LogP contribution in [0, 0.1) is 5.41 Å². The van der Waals surface area contributed by atoms with Crippen LogP contribution in [0.5, 0.6) is 0 Å². The van der Waals surface area contributed by atoms with Crippen molar-refractivity contribution in [2.45, 2.75) is 20.0 Å². The summed E-state index contributed by atoms with van der Waals surface area (Å²) < 4.78 is 38.2. The molecule has 1 aromatic rings. The fraction of sp³-hybridized carbons (Fsp3) is 0.462. The lowest BCUT2D eigenvalue weighted by Crippen LogP contribution is -2.39. The predicted molar refractivity (Wildman–Crippen MR) is 66.6 cm³/mol. The molecular weight excluding hydrogens is 257 g/mol. The zero-order valence-corrected chi connectivity index (χ0v) is 10.8. The van der Waals surface area contributed by atoms with Crippen LogP contribution in [0.25, 0.3) is 0 Å². The van der Waals surface area contributed by atoms with Gasteiger partial charge in [0, 0.05) is 6.54 Å². The van der Waals surface area contributed by atoms with Gasteiger partial charge in [-0.3, -0.25) is 4.79 Å². The lowest BCUT2D eigenvalue weighted by molar-refractivity contribution is -0.137. The smallest absolute Gasteiger partial charge is 0.351 e. The fourth-order valence-corrected chi connectivity index (χ4v) is 1.42. The van der Waals surface area contributed by atoms with E-state index in [2.05, 4.69) is 5.32 Å². The number of nitrogens with one attached hydrogen (secondary N) is 1. The number of carbonyl (C=O) groups excluding carboxylic acids is 1. The van der Waals surface area contributed by atoms with E-state index in [1.807, 2.05) is 13.8 Å².